The van der Waals surface area contributed by atoms with Crippen molar-refractivity contribution in [3.05, 3.63) is 54.3 Å². The summed E-state index contributed by atoms with van der Waals surface area (Å²) in [5, 5.41) is 0. The lowest BCUT2D eigenvalue weighted by Gasteiger charge is -2.24. The van der Waals surface area contributed by atoms with E-state index in [2.05, 4.69) is 43.1 Å². The van der Waals surface area contributed by atoms with Crippen LogP contribution in [-0.4, -0.2) is 4.98 Å². The Balaban J connectivity index is 2.33. The topological polar surface area (TPSA) is 26.0 Å². The third-order valence-electron chi connectivity index (χ3n) is 2.84. The van der Waals surface area contributed by atoms with E-state index in [1.807, 2.05) is 6.08 Å². The highest BCUT2D eigenvalue weighted by Crippen LogP contribution is 2.33. The molecule has 0 N–H and O–H groups in total. The summed E-state index contributed by atoms with van der Waals surface area (Å²) in [5.41, 5.74) is 1.25. The Morgan fingerprint density at radius 1 is 1.27 bits per heavy atom. The maximum atomic E-state index is 5.39. The van der Waals surface area contributed by atoms with Crippen molar-refractivity contribution in [3.8, 4) is 0 Å². The Kier molecular flexibility index (Phi) is 2.58. The van der Waals surface area contributed by atoms with E-state index >= 15 is 0 Å². The minimum absolute atomic E-state index is 0.0878. The van der Waals surface area contributed by atoms with Crippen molar-refractivity contribution < 1.29 is 4.42 Å². The molecule has 1 aliphatic rings. The van der Waals surface area contributed by atoms with Gasteiger partial charge in [-0.25, -0.2) is 4.98 Å². The molecule has 0 unspecified atom stereocenters. The molecule has 78 valence electrons. The van der Waals surface area contributed by atoms with Crippen molar-refractivity contribution in [2.75, 3.05) is 0 Å². The highest BCUT2D eigenvalue weighted by atomic mass is 16.3. The lowest BCUT2D eigenvalue weighted by atomic mass is 9.80. The summed E-state index contributed by atoms with van der Waals surface area (Å²) in [6, 6.07) is 0. The van der Waals surface area contributed by atoms with E-state index in [1.165, 1.54) is 12.0 Å². The molecule has 0 fully saturated rings. The van der Waals surface area contributed by atoms with Gasteiger partial charge in [-0.05, 0) is 20.3 Å². The molecule has 1 aliphatic carbocycles. The van der Waals surface area contributed by atoms with Crippen LogP contribution in [0.25, 0.3) is 0 Å². The summed E-state index contributed by atoms with van der Waals surface area (Å²) in [6.45, 7) is 4.32. The number of hydrogen-bond donors (Lipinski definition) is 0. The van der Waals surface area contributed by atoms with Crippen LogP contribution in [0.2, 0.25) is 0 Å². The lowest BCUT2D eigenvalue weighted by molar-refractivity contribution is 0.419. The molecule has 15 heavy (non-hydrogen) atoms. The number of oxazole rings is 1. The van der Waals surface area contributed by atoms with Crippen molar-refractivity contribution in [2.24, 2.45) is 0 Å². The monoisotopic (exact) mass is 201 g/mol. The van der Waals surface area contributed by atoms with Crippen LogP contribution >= 0.6 is 0 Å². The largest absolute Gasteiger partial charge is 0.448 e. The van der Waals surface area contributed by atoms with E-state index in [9.17, 15) is 0 Å². The maximum Gasteiger partial charge on any atom is 0.180 e. The molecule has 0 saturated heterocycles. The van der Waals surface area contributed by atoms with Gasteiger partial charge in [0.25, 0.3) is 0 Å². The van der Waals surface area contributed by atoms with Crippen LogP contribution in [0.4, 0.5) is 0 Å². The predicted octanol–water partition coefficient (Wildman–Crippen LogP) is 3.39. The van der Waals surface area contributed by atoms with E-state index in [4.69, 9.17) is 4.42 Å². The summed E-state index contributed by atoms with van der Waals surface area (Å²) in [4.78, 5) is 3.98. The van der Waals surface area contributed by atoms with Crippen LogP contribution in [0.3, 0.4) is 0 Å². The van der Waals surface area contributed by atoms with Crippen molar-refractivity contribution in [2.45, 2.75) is 25.7 Å². The van der Waals surface area contributed by atoms with Crippen LogP contribution < -0.4 is 0 Å². The summed E-state index contributed by atoms with van der Waals surface area (Å²) in [5.74, 6) is 0.914. The van der Waals surface area contributed by atoms with Crippen molar-refractivity contribution >= 4 is 0 Å². The molecule has 2 nitrogen and oxygen atoms in total. The fraction of sp³-hybridized carbons (Fsp3) is 0.308. The van der Waals surface area contributed by atoms with Crippen LogP contribution in [0, 0.1) is 0 Å². The Hall–Kier alpha value is -1.57. The average molecular weight is 201 g/mol. The van der Waals surface area contributed by atoms with Gasteiger partial charge < -0.3 is 4.42 Å². The summed E-state index contributed by atoms with van der Waals surface area (Å²) >= 11 is 0. The molecule has 0 saturated carbocycles. The summed E-state index contributed by atoms with van der Waals surface area (Å²) in [7, 11) is 0. The molecule has 0 atom stereocenters. The van der Waals surface area contributed by atoms with Crippen molar-refractivity contribution in [1.29, 1.82) is 0 Å². The molecule has 1 aromatic rings. The molecule has 0 amide bonds. The van der Waals surface area contributed by atoms with Gasteiger partial charge in [-0.1, -0.05) is 36.0 Å². The summed E-state index contributed by atoms with van der Waals surface area (Å²) in [6.07, 6.45) is 14.7. The first-order valence-corrected chi connectivity index (χ1v) is 5.13. The van der Waals surface area contributed by atoms with Gasteiger partial charge in [-0.3, -0.25) is 0 Å². The highest BCUT2D eigenvalue weighted by Gasteiger charge is 2.27. The smallest absolute Gasteiger partial charge is 0.180 e. The molecule has 1 aromatic heterocycles. The van der Waals surface area contributed by atoms with E-state index in [1.54, 1.807) is 6.20 Å². The fourth-order valence-corrected chi connectivity index (χ4v) is 1.72. The SMILES string of the molecule is CC(C)(C1=CC=CC=CC1)c1cnco1. The van der Waals surface area contributed by atoms with Gasteiger partial charge in [0, 0.05) is 5.41 Å². The number of aromatic nitrogens is 1. The van der Waals surface area contributed by atoms with E-state index < -0.39 is 0 Å². The van der Waals surface area contributed by atoms with Gasteiger partial charge in [-0.2, -0.15) is 0 Å². The number of rotatable bonds is 2. The molecule has 0 aromatic carbocycles. The first-order chi connectivity index (χ1) is 7.21. The van der Waals surface area contributed by atoms with Gasteiger partial charge in [0.15, 0.2) is 6.39 Å². The second kappa shape index (κ2) is 3.89. The van der Waals surface area contributed by atoms with Crippen molar-refractivity contribution in [1.82, 2.24) is 4.98 Å². The molecule has 0 bridgehead atoms. The van der Waals surface area contributed by atoms with Crippen molar-refractivity contribution in [3.63, 3.8) is 0 Å². The minimum Gasteiger partial charge on any atom is -0.448 e. The minimum atomic E-state index is -0.0878. The Morgan fingerprint density at radius 2 is 2.13 bits per heavy atom. The highest BCUT2D eigenvalue weighted by molar-refractivity contribution is 5.34. The van der Waals surface area contributed by atoms with Gasteiger partial charge in [0.05, 0.1) is 6.20 Å². The molecule has 0 radical (unpaired) electrons. The second-order valence-corrected chi connectivity index (χ2v) is 4.20. The number of allylic oxidation sites excluding steroid dienone is 6. The molecule has 2 rings (SSSR count). The number of nitrogens with zero attached hydrogens (tertiary/aromatic N) is 1. The normalized spacial score (nSPS) is 16.3. The van der Waals surface area contributed by atoms with E-state index in [-0.39, 0.29) is 5.41 Å². The molecular formula is C13H15NO. The molecule has 0 aliphatic heterocycles. The maximum absolute atomic E-state index is 5.39. The molecule has 2 heteroatoms. The zero-order chi connectivity index (χ0) is 10.7. The van der Waals surface area contributed by atoms with Crippen LogP contribution in [0.5, 0.6) is 0 Å². The second-order valence-electron chi connectivity index (χ2n) is 4.20. The first kappa shape index (κ1) is 9.97. The third-order valence-corrected chi connectivity index (χ3v) is 2.84. The van der Waals surface area contributed by atoms with E-state index in [0.717, 1.165) is 12.2 Å². The average Bonchev–Trinajstić information content (AvgIpc) is 2.61. The van der Waals surface area contributed by atoms with Crippen LogP contribution in [0.1, 0.15) is 26.0 Å². The predicted molar refractivity (Wildman–Crippen MR) is 60.5 cm³/mol. The van der Waals surface area contributed by atoms with Crippen LogP contribution in [-0.2, 0) is 5.41 Å². The van der Waals surface area contributed by atoms with Gasteiger partial charge in [0.1, 0.15) is 5.76 Å². The van der Waals surface area contributed by atoms with E-state index in [0.29, 0.717) is 0 Å². The Bertz CT molecular complexity index is 408. The Labute approximate surface area is 90.0 Å². The fourth-order valence-electron chi connectivity index (χ4n) is 1.72. The zero-order valence-electron chi connectivity index (χ0n) is 9.10. The first-order valence-electron chi connectivity index (χ1n) is 5.13. The zero-order valence-corrected chi connectivity index (χ0v) is 9.10. The van der Waals surface area contributed by atoms with Gasteiger partial charge in [0.2, 0.25) is 0 Å². The lowest BCUT2D eigenvalue weighted by Crippen LogP contribution is -2.19. The Morgan fingerprint density at radius 3 is 2.87 bits per heavy atom. The van der Waals surface area contributed by atoms with Gasteiger partial charge >= 0.3 is 0 Å². The quantitative estimate of drug-likeness (QED) is 0.733. The standard InChI is InChI=1S/C13H15NO/c1-13(2,12-9-14-10-15-12)11-7-5-3-4-6-8-11/h3-7,9-10H,8H2,1-2H3. The molecule has 0 spiro atoms. The van der Waals surface area contributed by atoms with Gasteiger partial charge in [-0.15, -0.1) is 0 Å². The third kappa shape index (κ3) is 1.94. The van der Waals surface area contributed by atoms with Crippen LogP contribution in [0.15, 0.2) is 53.0 Å². The molecular weight excluding hydrogens is 186 g/mol. The summed E-state index contributed by atoms with van der Waals surface area (Å²) < 4.78 is 5.39. The number of hydrogen-bond acceptors (Lipinski definition) is 2. The molecule has 1 heterocycles.